The first-order chi connectivity index (χ1) is 14.3. The van der Waals surface area contributed by atoms with Crippen LogP contribution in [0.2, 0.25) is 0 Å². The number of benzene rings is 3. The molecule has 0 aliphatic rings. The summed E-state index contributed by atoms with van der Waals surface area (Å²) >= 11 is 0. The fourth-order valence-corrected chi connectivity index (χ4v) is 3.29. The first-order valence-corrected chi connectivity index (χ1v) is 9.78. The van der Waals surface area contributed by atoms with Crippen molar-refractivity contribution in [3.63, 3.8) is 0 Å². The molecule has 0 amide bonds. The average Bonchev–Trinajstić information content (AvgIpc) is 2.78. The smallest absolute Gasteiger partial charge is 0.121 e. The van der Waals surface area contributed by atoms with Gasteiger partial charge in [-0.3, -0.25) is 4.98 Å². The molecule has 0 aliphatic heterocycles. The third kappa shape index (κ3) is 4.85. The molecule has 0 bridgehead atoms. The number of ether oxygens (including phenoxy) is 2. The van der Waals surface area contributed by atoms with Crippen LogP contribution in [-0.2, 0) is 6.42 Å². The van der Waals surface area contributed by atoms with Crippen molar-refractivity contribution in [3.05, 3.63) is 90.6 Å². The van der Waals surface area contributed by atoms with Gasteiger partial charge in [0.1, 0.15) is 11.5 Å². The van der Waals surface area contributed by atoms with Crippen LogP contribution in [0.15, 0.2) is 85.1 Å². The van der Waals surface area contributed by atoms with Gasteiger partial charge in [0.15, 0.2) is 0 Å². The van der Waals surface area contributed by atoms with Crippen LogP contribution >= 0.6 is 0 Å². The van der Waals surface area contributed by atoms with E-state index >= 15 is 0 Å². The highest BCUT2D eigenvalue weighted by molar-refractivity contribution is 5.93. The lowest BCUT2D eigenvalue weighted by Gasteiger charge is -2.12. The highest BCUT2D eigenvalue weighted by Gasteiger charge is 2.05. The van der Waals surface area contributed by atoms with Gasteiger partial charge in [0.2, 0.25) is 0 Å². The average molecular weight is 384 g/mol. The molecule has 4 rings (SSSR count). The van der Waals surface area contributed by atoms with Crippen LogP contribution in [-0.4, -0.2) is 18.7 Å². The molecule has 0 spiro atoms. The van der Waals surface area contributed by atoms with E-state index in [-0.39, 0.29) is 0 Å². The molecule has 0 aliphatic carbocycles. The molecule has 1 heterocycles. The molecule has 0 saturated carbocycles. The van der Waals surface area contributed by atoms with Gasteiger partial charge in [-0.15, -0.1) is 0 Å². The second kappa shape index (κ2) is 9.11. The zero-order valence-electron chi connectivity index (χ0n) is 16.5. The Morgan fingerprint density at radius 1 is 0.862 bits per heavy atom. The zero-order valence-corrected chi connectivity index (χ0v) is 16.5. The normalized spacial score (nSPS) is 10.7. The molecule has 1 N–H and O–H groups in total. The largest absolute Gasteiger partial charge is 0.497 e. The van der Waals surface area contributed by atoms with Crippen LogP contribution in [0, 0.1) is 0 Å². The Balaban J connectivity index is 1.43. The SMILES string of the molecule is COc1cccc(Nc2ccnc3cc(OCCCc4ccccc4)ccc23)c1. The lowest BCUT2D eigenvalue weighted by atomic mass is 10.1. The summed E-state index contributed by atoms with van der Waals surface area (Å²) in [7, 11) is 1.67. The summed E-state index contributed by atoms with van der Waals surface area (Å²) in [5.41, 5.74) is 4.21. The van der Waals surface area contributed by atoms with Gasteiger partial charge in [-0.2, -0.15) is 0 Å². The van der Waals surface area contributed by atoms with E-state index in [1.54, 1.807) is 7.11 Å². The topological polar surface area (TPSA) is 43.4 Å². The summed E-state index contributed by atoms with van der Waals surface area (Å²) in [5.74, 6) is 1.66. The monoisotopic (exact) mass is 384 g/mol. The summed E-state index contributed by atoms with van der Waals surface area (Å²) in [6, 6.07) is 26.4. The highest BCUT2D eigenvalue weighted by atomic mass is 16.5. The number of aromatic nitrogens is 1. The Bertz CT molecular complexity index is 1080. The number of nitrogens with one attached hydrogen (secondary N) is 1. The minimum Gasteiger partial charge on any atom is -0.497 e. The van der Waals surface area contributed by atoms with E-state index in [0.29, 0.717) is 6.61 Å². The molecule has 1 aromatic heterocycles. The number of anilines is 2. The van der Waals surface area contributed by atoms with Gasteiger partial charge in [-0.1, -0.05) is 36.4 Å². The molecule has 4 aromatic rings. The van der Waals surface area contributed by atoms with Crippen LogP contribution in [0.1, 0.15) is 12.0 Å². The van der Waals surface area contributed by atoms with E-state index < -0.39 is 0 Å². The lowest BCUT2D eigenvalue weighted by Crippen LogP contribution is -2.00. The molecule has 3 aromatic carbocycles. The van der Waals surface area contributed by atoms with Gasteiger partial charge in [0, 0.05) is 35.1 Å². The van der Waals surface area contributed by atoms with Crippen LogP contribution in [0.5, 0.6) is 11.5 Å². The van der Waals surface area contributed by atoms with Crippen molar-refractivity contribution in [2.75, 3.05) is 19.0 Å². The van der Waals surface area contributed by atoms with Crippen LogP contribution in [0.25, 0.3) is 10.9 Å². The predicted octanol–water partition coefficient (Wildman–Crippen LogP) is 6.00. The summed E-state index contributed by atoms with van der Waals surface area (Å²) < 4.78 is 11.2. The van der Waals surface area contributed by atoms with Crippen LogP contribution in [0.3, 0.4) is 0 Å². The van der Waals surface area contributed by atoms with Crippen molar-refractivity contribution >= 4 is 22.3 Å². The summed E-state index contributed by atoms with van der Waals surface area (Å²) in [6.45, 7) is 0.683. The number of pyridine rings is 1. The van der Waals surface area contributed by atoms with Crippen molar-refractivity contribution in [1.29, 1.82) is 0 Å². The molecule has 0 fully saturated rings. The Kier molecular flexibility index (Phi) is 5.91. The molecule has 4 heteroatoms. The predicted molar refractivity (Wildman–Crippen MR) is 118 cm³/mol. The Morgan fingerprint density at radius 3 is 2.62 bits per heavy atom. The molecule has 4 nitrogen and oxygen atoms in total. The van der Waals surface area contributed by atoms with Gasteiger partial charge >= 0.3 is 0 Å². The van der Waals surface area contributed by atoms with Gasteiger partial charge in [-0.25, -0.2) is 0 Å². The molecule has 29 heavy (non-hydrogen) atoms. The van der Waals surface area contributed by atoms with Gasteiger partial charge in [0.05, 0.1) is 19.2 Å². The molecule has 0 saturated heterocycles. The van der Waals surface area contributed by atoms with E-state index in [4.69, 9.17) is 9.47 Å². The second-order valence-corrected chi connectivity index (χ2v) is 6.83. The van der Waals surface area contributed by atoms with Crippen molar-refractivity contribution in [2.24, 2.45) is 0 Å². The summed E-state index contributed by atoms with van der Waals surface area (Å²) in [6.07, 6.45) is 3.80. The Labute approximate surface area is 171 Å². The number of fused-ring (bicyclic) bond motifs is 1. The number of nitrogens with zero attached hydrogens (tertiary/aromatic N) is 1. The number of hydrogen-bond acceptors (Lipinski definition) is 4. The quantitative estimate of drug-likeness (QED) is 0.379. The maximum absolute atomic E-state index is 5.95. The molecule has 0 unspecified atom stereocenters. The van der Waals surface area contributed by atoms with Crippen molar-refractivity contribution < 1.29 is 9.47 Å². The summed E-state index contributed by atoms with van der Waals surface area (Å²) in [5, 5.41) is 4.50. The van der Waals surface area contributed by atoms with E-state index in [1.807, 2.05) is 54.7 Å². The second-order valence-electron chi connectivity index (χ2n) is 6.83. The number of rotatable bonds is 8. The van der Waals surface area contributed by atoms with Crippen LogP contribution < -0.4 is 14.8 Å². The number of methoxy groups -OCH3 is 1. The van der Waals surface area contributed by atoms with Crippen molar-refractivity contribution in [2.45, 2.75) is 12.8 Å². The van der Waals surface area contributed by atoms with Crippen LogP contribution in [0.4, 0.5) is 11.4 Å². The number of hydrogen-bond donors (Lipinski definition) is 1. The first kappa shape index (κ1) is 18.8. The third-order valence-electron chi connectivity index (χ3n) is 4.78. The molecular weight excluding hydrogens is 360 g/mol. The fourth-order valence-electron chi connectivity index (χ4n) is 3.29. The van der Waals surface area contributed by atoms with E-state index in [0.717, 1.165) is 46.6 Å². The third-order valence-corrected chi connectivity index (χ3v) is 4.78. The minimum absolute atomic E-state index is 0.683. The fraction of sp³-hybridized carbons (Fsp3) is 0.160. The van der Waals surface area contributed by atoms with Gasteiger partial charge in [0.25, 0.3) is 0 Å². The number of aryl methyl sites for hydroxylation is 1. The first-order valence-electron chi connectivity index (χ1n) is 9.78. The van der Waals surface area contributed by atoms with Crippen molar-refractivity contribution in [1.82, 2.24) is 4.98 Å². The Morgan fingerprint density at radius 2 is 1.76 bits per heavy atom. The zero-order chi connectivity index (χ0) is 19.9. The van der Waals surface area contributed by atoms with Gasteiger partial charge in [-0.05, 0) is 48.7 Å². The maximum Gasteiger partial charge on any atom is 0.121 e. The standard InChI is InChI=1S/C25H24N2O2/c1-28-21-11-5-10-20(17-21)27-24-14-15-26-25-18-22(12-13-23(24)25)29-16-6-9-19-7-3-2-4-8-19/h2-5,7-8,10-15,17-18H,6,9,16H2,1H3,(H,26,27). The maximum atomic E-state index is 5.95. The minimum atomic E-state index is 0.683. The van der Waals surface area contributed by atoms with Gasteiger partial charge < -0.3 is 14.8 Å². The van der Waals surface area contributed by atoms with E-state index in [2.05, 4.69) is 40.6 Å². The summed E-state index contributed by atoms with van der Waals surface area (Å²) in [4.78, 5) is 4.51. The van der Waals surface area contributed by atoms with E-state index in [1.165, 1.54) is 5.56 Å². The lowest BCUT2D eigenvalue weighted by molar-refractivity contribution is 0.311. The Hall–Kier alpha value is -3.53. The van der Waals surface area contributed by atoms with E-state index in [9.17, 15) is 0 Å². The molecule has 0 radical (unpaired) electrons. The highest BCUT2D eigenvalue weighted by Crippen LogP contribution is 2.29. The molecule has 0 atom stereocenters. The van der Waals surface area contributed by atoms with Crippen molar-refractivity contribution in [3.8, 4) is 11.5 Å². The molecule has 146 valence electrons. The molecular formula is C25H24N2O2.